The van der Waals surface area contributed by atoms with Crippen molar-refractivity contribution in [2.45, 2.75) is 20.0 Å². The van der Waals surface area contributed by atoms with Gasteiger partial charge < -0.3 is 10.2 Å². The third kappa shape index (κ3) is 2.61. The molecular formula is C10H11Br2NO3. The van der Waals surface area contributed by atoms with Crippen LogP contribution in [0.4, 0.5) is 0 Å². The monoisotopic (exact) mass is 351 g/mol. The van der Waals surface area contributed by atoms with E-state index >= 15 is 0 Å². The number of hydrogen-bond donors (Lipinski definition) is 2. The standard InChI is InChI=1S/C10H11Br2NO3/c1-10(2,9(15)16)8(14)7-6(12)3-5(11)4-13-7/h3-4,8,14H,1-2H3,(H,15,16). The van der Waals surface area contributed by atoms with E-state index in [0.29, 0.717) is 10.2 Å². The fourth-order valence-electron chi connectivity index (χ4n) is 1.09. The summed E-state index contributed by atoms with van der Waals surface area (Å²) in [5.74, 6) is -1.07. The second-order valence-electron chi connectivity index (χ2n) is 3.95. The van der Waals surface area contributed by atoms with Gasteiger partial charge in [-0.25, -0.2) is 0 Å². The normalized spacial score (nSPS) is 13.6. The highest BCUT2D eigenvalue weighted by atomic mass is 79.9. The smallest absolute Gasteiger partial charge is 0.312 e. The molecular weight excluding hydrogens is 342 g/mol. The molecule has 6 heteroatoms. The fraction of sp³-hybridized carbons (Fsp3) is 0.400. The summed E-state index contributed by atoms with van der Waals surface area (Å²) in [6.07, 6.45) is 0.341. The number of nitrogens with zero attached hydrogens (tertiary/aromatic N) is 1. The van der Waals surface area contributed by atoms with Crippen LogP contribution < -0.4 is 0 Å². The number of hydrogen-bond acceptors (Lipinski definition) is 3. The molecule has 0 aliphatic rings. The Balaban J connectivity index is 3.14. The van der Waals surface area contributed by atoms with Gasteiger partial charge in [-0.3, -0.25) is 9.78 Å². The van der Waals surface area contributed by atoms with E-state index in [9.17, 15) is 9.90 Å². The number of aliphatic hydroxyl groups is 1. The van der Waals surface area contributed by atoms with Gasteiger partial charge in [-0.2, -0.15) is 0 Å². The Hall–Kier alpha value is -0.460. The molecule has 0 spiro atoms. The van der Waals surface area contributed by atoms with Crippen molar-refractivity contribution in [2.75, 3.05) is 0 Å². The van der Waals surface area contributed by atoms with Crippen molar-refractivity contribution in [3.8, 4) is 0 Å². The van der Waals surface area contributed by atoms with Crippen molar-refractivity contribution in [3.63, 3.8) is 0 Å². The average Bonchev–Trinajstić information content (AvgIpc) is 2.16. The number of aromatic nitrogens is 1. The van der Waals surface area contributed by atoms with Crippen molar-refractivity contribution >= 4 is 37.8 Å². The number of carboxylic acid groups (broad SMARTS) is 1. The minimum absolute atomic E-state index is 0.315. The van der Waals surface area contributed by atoms with Gasteiger partial charge in [0.1, 0.15) is 6.10 Å². The molecule has 0 aromatic carbocycles. The SMILES string of the molecule is CC(C)(C(=O)O)C(O)c1ncc(Br)cc1Br. The van der Waals surface area contributed by atoms with Crippen molar-refractivity contribution in [1.29, 1.82) is 0 Å². The quantitative estimate of drug-likeness (QED) is 0.877. The van der Waals surface area contributed by atoms with Crippen molar-refractivity contribution < 1.29 is 15.0 Å². The van der Waals surface area contributed by atoms with Crippen LogP contribution in [0.2, 0.25) is 0 Å². The zero-order valence-corrected chi connectivity index (χ0v) is 11.9. The van der Waals surface area contributed by atoms with E-state index in [1.807, 2.05) is 0 Å². The molecule has 0 aliphatic heterocycles. The Labute approximate surface area is 110 Å². The van der Waals surface area contributed by atoms with Crippen LogP contribution in [-0.2, 0) is 4.79 Å². The summed E-state index contributed by atoms with van der Waals surface area (Å²) < 4.78 is 1.33. The Morgan fingerprint density at radius 1 is 1.50 bits per heavy atom. The van der Waals surface area contributed by atoms with Crippen LogP contribution in [0.25, 0.3) is 0 Å². The zero-order valence-electron chi connectivity index (χ0n) is 8.74. The summed E-state index contributed by atoms with van der Waals surface area (Å²) in [5.41, 5.74) is -0.973. The minimum atomic E-state index is -1.29. The maximum absolute atomic E-state index is 11.0. The van der Waals surface area contributed by atoms with Gasteiger partial charge in [-0.1, -0.05) is 0 Å². The van der Waals surface area contributed by atoms with E-state index in [-0.39, 0.29) is 0 Å². The van der Waals surface area contributed by atoms with Gasteiger partial charge in [0.15, 0.2) is 0 Å². The average molecular weight is 353 g/mol. The van der Waals surface area contributed by atoms with Crippen LogP contribution in [0.3, 0.4) is 0 Å². The molecule has 0 saturated heterocycles. The molecule has 0 fully saturated rings. The Morgan fingerprint density at radius 2 is 2.06 bits per heavy atom. The van der Waals surface area contributed by atoms with Crippen LogP contribution in [-0.4, -0.2) is 21.2 Å². The molecule has 0 saturated carbocycles. The lowest BCUT2D eigenvalue weighted by molar-refractivity contribution is -0.154. The zero-order chi connectivity index (χ0) is 12.5. The predicted octanol–water partition coefficient (Wildman–Crippen LogP) is 2.75. The number of carbonyl (C=O) groups is 1. The van der Waals surface area contributed by atoms with Gasteiger partial charge in [0, 0.05) is 15.1 Å². The molecule has 0 aliphatic carbocycles. The molecule has 1 heterocycles. The third-order valence-corrected chi connectivity index (χ3v) is 3.40. The van der Waals surface area contributed by atoms with Crippen LogP contribution >= 0.6 is 31.9 Å². The summed E-state index contributed by atoms with van der Waals surface area (Å²) in [5, 5.41) is 19.0. The second kappa shape index (κ2) is 4.81. The summed E-state index contributed by atoms with van der Waals surface area (Å²) in [4.78, 5) is 15.0. The molecule has 0 amide bonds. The van der Waals surface area contributed by atoms with Crippen molar-refractivity contribution in [1.82, 2.24) is 4.98 Å². The third-order valence-electron chi connectivity index (χ3n) is 2.33. The van der Waals surface area contributed by atoms with Crippen LogP contribution in [0.5, 0.6) is 0 Å². The van der Waals surface area contributed by atoms with Crippen molar-refractivity contribution in [2.24, 2.45) is 5.41 Å². The molecule has 1 aromatic rings. The number of pyridine rings is 1. The van der Waals surface area contributed by atoms with E-state index in [1.54, 1.807) is 6.07 Å². The van der Waals surface area contributed by atoms with Gasteiger partial charge in [-0.05, 0) is 51.8 Å². The summed E-state index contributed by atoms with van der Waals surface area (Å²) in [7, 11) is 0. The first kappa shape index (κ1) is 13.6. The number of aliphatic hydroxyl groups excluding tert-OH is 1. The molecule has 0 radical (unpaired) electrons. The lowest BCUT2D eigenvalue weighted by Gasteiger charge is -2.26. The molecule has 1 atom stereocenters. The second-order valence-corrected chi connectivity index (χ2v) is 5.72. The summed E-state index contributed by atoms with van der Waals surface area (Å²) in [6.45, 7) is 2.91. The number of halogens is 2. The van der Waals surface area contributed by atoms with E-state index in [4.69, 9.17) is 5.11 Å². The Kier molecular flexibility index (Phi) is 4.09. The Bertz CT molecular complexity index is 421. The molecule has 2 N–H and O–H groups in total. The molecule has 16 heavy (non-hydrogen) atoms. The van der Waals surface area contributed by atoms with Crippen LogP contribution in [0.15, 0.2) is 21.2 Å². The van der Waals surface area contributed by atoms with Crippen molar-refractivity contribution in [3.05, 3.63) is 26.9 Å². The lowest BCUT2D eigenvalue weighted by Crippen LogP contribution is -2.31. The van der Waals surface area contributed by atoms with Gasteiger partial charge >= 0.3 is 5.97 Å². The molecule has 1 rings (SSSR count). The topological polar surface area (TPSA) is 70.4 Å². The largest absolute Gasteiger partial charge is 0.481 e. The first-order valence-electron chi connectivity index (χ1n) is 4.49. The van der Waals surface area contributed by atoms with Gasteiger partial charge in [0.25, 0.3) is 0 Å². The minimum Gasteiger partial charge on any atom is -0.481 e. The summed E-state index contributed by atoms with van der Waals surface area (Å²) >= 11 is 6.48. The van der Waals surface area contributed by atoms with E-state index in [2.05, 4.69) is 36.8 Å². The summed E-state index contributed by atoms with van der Waals surface area (Å²) in [6, 6.07) is 1.71. The molecule has 88 valence electrons. The molecule has 1 aromatic heterocycles. The number of carboxylic acids is 1. The molecule has 4 nitrogen and oxygen atoms in total. The lowest BCUT2D eigenvalue weighted by atomic mass is 9.85. The highest BCUT2D eigenvalue weighted by Crippen LogP contribution is 2.36. The van der Waals surface area contributed by atoms with Gasteiger partial charge in [0.2, 0.25) is 0 Å². The van der Waals surface area contributed by atoms with Gasteiger partial charge in [-0.15, -0.1) is 0 Å². The van der Waals surface area contributed by atoms with E-state index < -0.39 is 17.5 Å². The highest BCUT2D eigenvalue weighted by Gasteiger charge is 2.38. The highest BCUT2D eigenvalue weighted by molar-refractivity contribution is 9.11. The van der Waals surface area contributed by atoms with Crippen LogP contribution in [0.1, 0.15) is 25.6 Å². The number of rotatable bonds is 3. The van der Waals surface area contributed by atoms with E-state index in [1.165, 1.54) is 20.0 Å². The maximum Gasteiger partial charge on any atom is 0.312 e. The molecule has 1 unspecified atom stereocenters. The Morgan fingerprint density at radius 3 is 2.50 bits per heavy atom. The molecule has 0 bridgehead atoms. The fourth-order valence-corrected chi connectivity index (χ4v) is 2.29. The maximum atomic E-state index is 11.0. The first-order chi connectivity index (χ1) is 7.26. The van der Waals surface area contributed by atoms with Gasteiger partial charge in [0.05, 0.1) is 11.1 Å². The first-order valence-corrected chi connectivity index (χ1v) is 6.08. The number of aliphatic carboxylic acids is 1. The predicted molar refractivity (Wildman–Crippen MR) is 66.0 cm³/mol. The van der Waals surface area contributed by atoms with E-state index in [0.717, 1.165) is 4.47 Å². The van der Waals surface area contributed by atoms with Crippen LogP contribution in [0, 0.1) is 5.41 Å².